The van der Waals surface area contributed by atoms with Gasteiger partial charge in [0, 0.05) is 25.7 Å². The number of nitrogens with one attached hydrogen (secondary N) is 1. The molecule has 0 radical (unpaired) electrons. The van der Waals surface area contributed by atoms with Crippen molar-refractivity contribution in [2.75, 3.05) is 26.2 Å². The molecule has 0 bridgehead atoms. The summed E-state index contributed by atoms with van der Waals surface area (Å²) in [6, 6.07) is 0.571. The van der Waals surface area contributed by atoms with E-state index in [1.807, 2.05) is 11.8 Å². The van der Waals surface area contributed by atoms with Crippen molar-refractivity contribution < 1.29 is 9.53 Å². The molecule has 0 aromatic carbocycles. The molecule has 1 amide bonds. The van der Waals surface area contributed by atoms with Gasteiger partial charge in [0.2, 0.25) is 0 Å². The predicted octanol–water partition coefficient (Wildman–Crippen LogP) is 2.63. The molecule has 1 saturated carbocycles. The molecule has 4 heteroatoms. The van der Waals surface area contributed by atoms with Crippen LogP contribution >= 0.6 is 0 Å². The van der Waals surface area contributed by atoms with Crippen molar-refractivity contribution in [3.8, 4) is 0 Å². The molecule has 2 aliphatic rings. The van der Waals surface area contributed by atoms with Gasteiger partial charge < -0.3 is 15.0 Å². The van der Waals surface area contributed by atoms with Crippen LogP contribution in [-0.4, -0.2) is 43.3 Å². The first-order valence-electron chi connectivity index (χ1n) is 7.72. The van der Waals surface area contributed by atoms with Gasteiger partial charge in [-0.25, -0.2) is 4.79 Å². The summed E-state index contributed by atoms with van der Waals surface area (Å²) in [7, 11) is 0. The van der Waals surface area contributed by atoms with Crippen LogP contribution in [0.3, 0.4) is 0 Å². The number of amides is 1. The lowest BCUT2D eigenvalue weighted by molar-refractivity contribution is 0.0943. The summed E-state index contributed by atoms with van der Waals surface area (Å²) in [5.41, 5.74) is 0.568. The molecule has 110 valence electrons. The summed E-state index contributed by atoms with van der Waals surface area (Å²) in [6.07, 6.45) is 4.69. The molecule has 0 unspecified atom stereocenters. The van der Waals surface area contributed by atoms with E-state index in [9.17, 15) is 4.79 Å². The summed E-state index contributed by atoms with van der Waals surface area (Å²) >= 11 is 0. The lowest BCUT2D eigenvalue weighted by atomic mass is 9.91. The average molecular weight is 268 g/mol. The predicted molar refractivity (Wildman–Crippen MR) is 76.1 cm³/mol. The summed E-state index contributed by atoms with van der Waals surface area (Å²) in [6.45, 7) is 9.78. The molecule has 1 aliphatic carbocycles. The minimum atomic E-state index is -0.151. The maximum Gasteiger partial charge on any atom is 0.409 e. The van der Waals surface area contributed by atoms with Crippen molar-refractivity contribution in [3.05, 3.63) is 0 Å². The zero-order chi connectivity index (χ0) is 13.9. The van der Waals surface area contributed by atoms with Crippen molar-refractivity contribution >= 4 is 6.09 Å². The molecule has 1 N–H and O–H groups in total. The van der Waals surface area contributed by atoms with E-state index in [2.05, 4.69) is 19.2 Å². The van der Waals surface area contributed by atoms with Gasteiger partial charge in [0.15, 0.2) is 0 Å². The molecule has 1 saturated heterocycles. The third kappa shape index (κ3) is 3.62. The van der Waals surface area contributed by atoms with Gasteiger partial charge in [0.05, 0.1) is 6.61 Å². The molecule has 0 aromatic rings. The molecule has 4 nitrogen and oxygen atoms in total. The molecule has 1 aliphatic heterocycles. The second-order valence-corrected chi connectivity index (χ2v) is 6.36. The molecule has 0 atom stereocenters. The van der Waals surface area contributed by atoms with Gasteiger partial charge in [-0.05, 0) is 43.9 Å². The third-order valence-electron chi connectivity index (χ3n) is 4.88. The lowest BCUT2D eigenvalue weighted by Gasteiger charge is -2.33. The van der Waals surface area contributed by atoms with E-state index in [0.717, 1.165) is 38.4 Å². The molecule has 1 heterocycles. The number of piperidine rings is 1. The molecular formula is C15H28N2O2. The Bertz CT molecular complexity index is 305. The van der Waals surface area contributed by atoms with Crippen LogP contribution in [0.2, 0.25) is 0 Å². The minimum Gasteiger partial charge on any atom is -0.450 e. The number of rotatable bonds is 5. The summed E-state index contributed by atoms with van der Waals surface area (Å²) < 4.78 is 5.04. The monoisotopic (exact) mass is 268 g/mol. The third-order valence-corrected chi connectivity index (χ3v) is 4.88. The van der Waals surface area contributed by atoms with Gasteiger partial charge in [0.25, 0.3) is 0 Å². The SMILES string of the molecule is CCOC(=O)N1CCC(NCC2(C(C)C)CC2)CC1. The van der Waals surface area contributed by atoms with Gasteiger partial charge in [-0.2, -0.15) is 0 Å². The number of ether oxygens (including phenoxy) is 1. The minimum absolute atomic E-state index is 0.151. The maximum atomic E-state index is 11.6. The van der Waals surface area contributed by atoms with E-state index >= 15 is 0 Å². The Morgan fingerprint density at radius 1 is 1.37 bits per heavy atom. The number of carbonyl (C=O) groups is 1. The highest BCUT2D eigenvalue weighted by Crippen LogP contribution is 2.51. The zero-order valence-corrected chi connectivity index (χ0v) is 12.6. The quantitative estimate of drug-likeness (QED) is 0.833. The first-order valence-corrected chi connectivity index (χ1v) is 7.72. The fourth-order valence-corrected chi connectivity index (χ4v) is 2.95. The van der Waals surface area contributed by atoms with Gasteiger partial charge in [0.1, 0.15) is 0 Å². The first-order chi connectivity index (χ1) is 9.07. The van der Waals surface area contributed by atoms with Crippen LogP contribution in [0.15, 0.2) is 0 Å². The zero-order valence-electron chi connectivity index (χ0n) is 12.6. The van der Waals surface area contributed by atoms with E-state index in [1.165, 1.54) is 12.8 Å². The standard InChI is InChI=1S/C15H28N2O2/c1-4-19-14(18)17-9-5-13(6-10-17)16-11-15(7-8-15)12(2)3/h12-13,16H,4-11H2,1-3H3. The summed E-state index contributed by atoms with van der Waals surface area (Å²) in [5.74, 6) is 0.777. The topological polar surface area (TPSA) is 41.6 Å². The fourth-order valence-electron chi connectivity index (χ4n) is 2.95. The van der Waals surface area contributed by atoms with Crippen molar-refractivity contribution in [2.45, 2.75) is 52.5 Å². The fraction of sp³-hybridized carbons (Fsp3) is 0.933. The van der Waals surface area contributed by atoms with Gasteiger partial charge >= 0.3 is 6.09 Å². The van der Waals surface area contributed by atoms with Crippen LogP contribution in [-0.2, 0) is 4.74 Å². The number of carbonyl (C=O) groups excluding carboxylic acids is 1. The Balaban J connectivity index is 1.68. The van der Waals surface area contributed by atoms with Gasteiger partial charge in [-0.1, -0.05) is 13.8 Å². The van der Waals surface area contributed by atoms with E-state index < -0.39 is 0 Å². The Morgan fingerprint density at radius 3 is 2.47 bits per heavy atom. The molecule has 0 aromatic heterocycles. The van der Waals surface area contributed by atoms with Crippen molar-refractivity contribution in [2.24, 2.45) is 11.3 Å². The highest BCUT2D eigenvalue weighted by atomic mass is 16.6. The van der Waals surface area contributed by atoms with E-state index in [0.29, 0.717) is 18.1 Å². The highest BCUT2D eigenvalue weighted by molar-refractivity contribution is 5.67. The van der Waals surface area contributed by atoms with Crippen LogP contribution < -0.4 is 5.32 Å². The van der Waals surface area contributed by atoms with Crippen LogP contribution in [0.4, 0.5) is 4.79 Å². The van der Waals surface area contributed by atoms with E-state index in [1.54, 1.807) is 0 Å². The average Bonchev–Trinajstić information content (AvgIpc) is 3.18. The molecule has 2 rings (SSSR count). The number of hydrogen-bond donors (Lipinski definition) is 1. The molecule has 0 spiro atoms. The van der Waals surface area contributed by atoms with Crippen molar-refractivity contribution in [1.29, 1.82) is 0 Å². The Labute approximate surface area is 116 Å². The second-order valence-electron chi connectivity index (χ2n) is 6.36. The number of hydrogen-bond acceptors (Lipinski definition) is 3. The molecule has 2 fully saturated rings. The molecule has 19 heavy (non-hydrogen) atoms. The highest BCUT2D eigenvalue weighted by Gasteiger charge is 2.45. The van der Waals surface area contributed by atoms with E-state index in [4.69, 9.17) is 4.74 Å². The molecular weight excluding hydrogens is 240 g/mol. The Morgan fingerprint density at radius 2 is 2.00 bits per heavy atom. The Hall–Kier alpha value is -0.770. The van der Waals surface area contributed by atoms with Crippen LogP contribution in [0.25, 0.3) is 0 Å². The normalized spacial score (nSPS) is 22.6. The largest absolute Gasteiger partial charge is 0.450 e. The van der Waals surface area contributed by atoms with Crippen molar-refractivity contribution in [1.82, 2.24) is 10.2 Å². The summed E-state index contributed by atoms with van der Waals surface area (Å²) in [5, 5.41) is 3.72. The maximum absolute atomic E-state index is 11.6. The van der Waals surface area contributed by atoms with Gasteiger partial charge in [-0.15, -0.1) is 0 Å². The first kappa shape index (κ1) is 14.6. The van der Waals surface area contributed by atoms with Crippen molar-refractivity contribution in [3.63, 3.8) is 0 Å². The van der Waals surface area contributed by atoms with Crippen LogP contribution in [0.1, 0.15) is 46.5 Å². The van der Waals surface area contributed by atoms with Gasteiger partial charge in [-0.3, -0.25) is 0 Å². The van der Waals surface area contributed by atoms with Crippen LogP contribution in [0.5, 0.6) is 0 Å². The van der Waals surface area contributed by atoms with E-state index in [-0.39, 0.29) is 6.09 Å². The number of nitrogens with zero attached hydrogens (tertiary/aromatic N) is 1. The smallest absolute Gasteiger partial charge is 0.409 e. The number of likely N-dealkylation sites (tertiary alicyclic amines) is 1. The lowest BCUT2D eigenvalue weighted by Crippen LogP contribution is -2.46. The second kappa shape index (κ2) is 6.12. The Kier molecular flexibility index (Phi) is 4.71. The van der Waals surface area contributed by atoms with Crippen LogP contribution in [0, 0.1) is 11.3 Å². The summed E-state index contributed by atoms with van der Waals surface area (Å²) in [4.78, 5) is 13.4.